The molecule has 1 saturated carbocycles. The van der Waals surface area contributed by atoms with Crippen molar-refractivity contribution in [1.82, 2.24) is 24.6 Å². The fourth-order valence-corrected chi connectivity index (χ4v) is 3.60. The van der Waals surface area contributed by atoms with Gasteiger partial charge in [-0.25, -0.2) is 9.37 Å². The van der Waals surface area contributed by atoms with Gasteiger partial charge in [-0.2, -0.15) is 5.10 Å². The van der Waals surface area contributed by atoms with E-state index in [1.54, 1.807) is 29.2 Å². The third-order valence-corrected chi connectivity index (χ3v) is 4.97. The average molecular weight is 371 g/mol. The van der Waals surface area contributed by atoms with Gasteiger partial charge < -0.3 is 9.72 Å². The second-order valence-electron chi connectivity index (χ2n) is 6.28. The minimum Gasteiger partial charge on any atom is -0.312 e. The van der Waals surface area contributed by atoms with Gasteiger partial charge >= 0.3 is 0 Å². The molecular formula is C17H12ClFN6O. The monoisotopic (exact) mass is 370 g/mol. The first-order valence-corrected chi connectivity index (χ1v) is 8.44. The summed E-state index contributed by atoms with van der Waals surface area (Å²) in [5.41, 5.74) is 2.79. The van der Waals surface area contributed by atoms with Gasteiger partial charge in [-0.3, -0.25) is 14.9 Å². The van der Waals surface area contributed by atoms with E-state index in [2.05, 4.69) is 25.5 Å². The molecule has 1 amide bonds. The first kappa shape index (κ1) is 15.3. The number of rotatable bonds is 4. The highest BCUT2D eigenvalue weighted by Crippen LogP contribution is 2.48. The summed E-state index contributed by atoms with van der Waals surface area (Å²) in [6, 6.07) is 0. The number of hydrogen-bond donors (Lipinski definition) is 2. The Bertz CT molecular complexity index is 1180. The molecule has 0 aliphatic heterocycles. The van der Waals surface area contributed by atoms with E-state index in [1.807, 2.05) is 0 Å². The molecule has 26 heavy (non-hydrogen) atoms. The molecule has 130 valence electrons. The number of hydrogen-bond acceptors (Lipinski definition) is 4. The lowest BCUT2D eigenvalue weighted by Crippen LogP contribution is -1.97. The summed E-state index contributed by atoms with van der Waals surface area (Å²) in [5, 5.41) is 10.2. The summed E-state index contributed by atoms with van der Waals surface area (Å²) in [6.45, 7) is 0. The van der Waals surface area contributed by atoms with E-state index in [4.69, 9.17) is 11.6 Å². The van der Waals surface area contributed by atoms with Gasteiger partial charge in [0.15, 0.2) is 11.5 Å². The molecule has 1 fully saturated rings. The summed E-state index contributed by atoms with van der Waals surface area (Å²) in [6.07, 6.45) is 8.97. The summed E-state index contributed by atoms with van der Waals surface area (Å²) in [7, 11) is 0. The lowest BCUT2D eigenvalue weighted by molar-refractivity contribution is -0.105. The molecule has 1 aliphatic rings. The van der Waals surface area contributed by atoms with E-state index < -0.39 is 5.82 Å². The Morgan fingerprint density at radius 1 is 1.35 bits per heavy atom. The minimum absolute atomic E-state index is 0.0407. The van der Waals surface area contributed by atoms with Crippen LogP contribution in [0.15, 0.2) is 24.8 Å². The van der Waals surface area contributed by atoms with Crippen LogP contribution in [0.5, 0.6) is 0 Å². The van der Waals surface area contributed by atoms with Crippen molar-refractivity contribution in [3.8, 4) is 11.3 Å². The number of halogens is 2. The molecular weight excluding hydrogens is 359 g/mol. The van der Waals surface area contributed by atoms with Gasteiger partial charge in [-0.1, -0.05) is 11.6 Å². The zero-order valence-electron chi connectivity index (χ0n) is 13.3. The predicted octanol–water partition coefficient (Wildman–Crippen LogP) is 3.51. The van der Waals surface area contributed by atoms with Crippen molar-refractivity contribution in [1.29, 1.82) is 0 Å². The van der Waals surface area contributed by atoms with E-state index >= 15 is 0 Å². The number of nitrogens with one attached hydrogen (secondary N) is 2. The SMILES string of the molecule is O=CNc1cn2cc(-c3c(Cl)c(F)c(C4CC4)c4[nH]ncc34)ncc2n1. The Kier molecular flexibility index (Phi) is 3.23. The topological polar surface area (TPSA) is 88.0 Å². The molecule has 0 atom stereocenters. The second kappa shape index (κ2) is 5.50. The van der Waals surface area contributed by atoms with Crippen molar-refractivity contribution >= 4 is 40.4 Å². The zero-order chi connectivity index (χ0) is 17.8. The van der Waals surface area contributed by atoms with Gasteiger partial charge in [-0.15, -0.1) is 0 Å². The maximum Gasteiger partial charge on any atom is 0.212 e. The maximum absolute atomic E-state index is 15.0. The number of fused-ring (bicyclic) bond motifs is 2. The summed E-state index contributed by atoms with van der Waals surface area (Å²) >= 11 is 6.41. The lowest BCUT2D eigenvalue weighted by Gasteiger charge is -2.11. The minimum atomic E-state index is -0.420. The average Bonchev–Trinajstić information content (AvgIpc) is 3.20. The van der Waals surface area contributed by atoms with Crippen molar-refractivity contribution in [2.24, 2.45) is 0 Å². The number of carbonyl (C=O) groups is 1. The molecule has 0 saturated heterocycles. The first-order valence-electron chi connectivity index (χ1n) is 8.06. The van der Waals surface area contributed by atoms with Crippen molar-refractivity contribution in [3.05, 3.63) is 41.2 Å². The number of anilines is 1. The third-order valence-electron chi connectivity index (χ3n) is 4.62. The highest BCUT2D eigenvalue weighted by Gasteiger charge is 2.32. The largest absolute Gasteiger partial charge is 0.312 e. The number of aromatic nitrogens is 5. The molecule has 0 bridgehead atoms. The van der Waals surface area contributed by atoms with Crippen molar-refractivity contribution in [2.45, 2.75) is 18.8 Å². The molecule has 7 nitrogen and oxygen atoms in total. The van der Waals surface area contributed by atoms with Crippen LogP contribution in [0.3, 0.4) is 0 Å². The number of benzene rings is 1. The van der Waals surface area contributed by atoms with Crippen LogP contribution < -0.4 is 5.32 Å². The van der Waals surface area contributed by atoms with Crippen LogP contribution >= 0.6 is 11.6 Å². The summed E-state index contributed by atoms with van der Waals surface area (Å²) in [5.74, 6) is 0.163. The normalized spacial score (nSPS) is 14.2. The third kappa shape index (κ3) is 2.19. The molecule has 4 aromatic rings. The Morgan fingerprint density at radius 2 is 2.19 bits per heavy atom. The summed E-state index contributed by atoms with van der Waals surface area (Å²) < 4.78 is 16.7. The smallest absolute Gasteiger partial charge is 0.212 e. The van der Waals surface area contributed by atoms with Gasteiger partial charge in [0.1, 0.15) is 5.82 Å². The Hall–Kier alpha value is -3.00. The van der Waals surface area contributed by atoms with Crippen LogP contribution in [0.1, 0.15) is 24.3 Å². The molecule has 0 radical (unpaired) electrons. The van der Waals surface area contributed by atoms with E-state index in [1.165, 1.54) is 0 Å². The number of aromatic amines is 1. The molecule has 9 heteroatoms. The van der Waals surface area contributed by atoms with Gasteiger partial charge in [0.25, 0.3) is 0 Å². The van der Waals surface area contributed by atoms with Gasteiger partial charge in [0, 0.05) is 22.7 Å². The zero-order valence-corrected chi connectivity index (χ0v) is 14.1. The van der Waals surface area contributed by atoms with Crippen LogP contribution in [0, 0.1) is 5.82 Å². The first-order chi connectivity index (χ1) is 12.7. The van der Waals surface area contributed by atoms with Crippen molar-refractivity contribution < 1.29 is 9.18 Å². The number of carbonyl (C=O) groups excluding carboxylic acids is 1. The molecule has 2 N–H and O–H groups in total. The Morgan fingerprint density at radius 3 is 2.96 bits per heavy atom. The number of imidazole rings is 1. The molecule has 0 spiro atoms. The standard InChI is InChI=1S/C17H12ClFN6O/c18-15-14(9-3-22-24-17(9)13(16(15)19)8-1-2-8)10-5-25-6-11(21-7-26)23-12(25)4-20-10/h3-8H,1-2H2,(H,21,26)(H,22,24). The quantitative estimate of drug-likeness (QED) is 0.538. The van der Waals surface area contributed by atoms with Gasteiger partial charge in [-0.05, 0) is 18.8 Å². The van der Waals surface area contributed by atoms with E-state index in [-0.39, 0.29) is 10.9 Å². The fraction of sp³-hybridized carbons (Fsp3) is 0.176. The number of nitrogens with zero attached hydrogens (tertiary/aromatic N) is 4. The number of amides is 1. The van der Waals surface area contributed by atoms with Gasteiger partial charge in [0.05, 0.1) is 34.8 Å². The molecule has 1 aromatic carbocycles. The Labute approximate surface area is 151 Å². The van der Waals surface area contributed by atoms with E-state index in [0.29, 0.717) is 40.2 Å². The maximum atomic E-state index is 15.0. The molecule has 3 aromatic heterocycles. The van der Waals surface area contributed by atoms with Crippen LogP contribution in [0.25, 0.3) is 27.8 Å². The van der Waals surface area contributed by atoms with Crippen LogP contribution in [-0.2, 0) is 4.79 Å². The molecule has 0 unspecified atom stereocenters. The molecule has 1 aliphatic carbocycles. The van der Waals surface area contributed by atoms with Gasteiger partial charge in [0.2, 0.25) is 6.41 Å². The highest BCUT2D eigenvalue weighted by atomic mass is 35.5. The summed E-state index contributed by atoms with van der Waals surface area (Å²) in [4.78, 5) is 19.2. The molecule has 5 rings (SSSR count). The van der Waals surface area contributed by atoms with E-state index in [0.717, 1.165) is 18.2 Å². The number of H-pyrrole nitrogens is 1. The van der Waals surface area contributed by atoms with Crippen LogP contribution in [0.4, 0.5) is 10.2 Å². The lowest BCUT2D eigenvalue weighted by atomic mass is 10.00. The fourth-order valence-electron chi connectivity index (χ4n) is 3.30. The Balaban J connectivity index is 1.75. The van der Waals surface area contributed by atoms with Crippen molar-refractivity contribution in [2.75, 3.05) is 5.32 Å². The van der Waals surface area contributed by atoms with Crippen LogP contribution in [0.2, 0.25) is 5.02 Å². The highest BCUT2D eigenvalue weighted by molar-refractivity contribution is 6.35. The predicted molar refractivity (Wildman–Crippen MR) is 94.7 cm³/mol. The molecule has 3 heterocycles. The van der Waals surface area contributed by atoms with E-state index in [9.17, 15) is 9.18 Å². The van der Waals surface area contributed by atoms with Crippen LogP contribution in [-0.4, -0.2) is 31.0 Å². The van der Waals surface area contributed by atoms with Crippen molar-refractivity contribution in [3.63, 3.8) is 0 Å². The second-order valence-corrected chi connectivity index (χ2v) is 6.65.